The van der Waals surface area contributed by atoms with E-state index in [4.69, 9.17) is 0 Å². The summed E-state index contributed by atoms with van der Waals surface area (Å²) in [7, 11) is 0. The van der Waals surface area contributed by atoms with Crippen LogP contribution in [0.25, 0.3) is 11.3 Å². The summed E-state index contributed by atoms with van der Waals surface area (Å²) in [6.07, 6.45) is 1.89. The molecule has 0 aliphatic carbocycles. The number of rotatable bonds is 7. The van der Waals surface area contributed by atoms with Crippen LogP contribution < -0.4 is 10.9 Å². The van der Waals surface area contributed by atoms with Crippen LogP contribution >= 0.6 is 0 Å². The minimum atomic E-state index is -0.145. The Morgan fingerprint density at radius 3 is 2.58 bits per heavy atom. The van der Waals surface area contributed by atoms with E-state index in [1.807, 2.05) is 45.0 Å². The number of aryl methyl sites for hydroxylation is 2. The van der Waals surface area contributed by atoms with Crippen molar-refractivity contribution in [2.45, 2.75) is 52.6 Å². The average molecular weight is 327 g/mol. The van der Waals surface area contributed by atoms with Crippen molar-refractivity contribution in [3.8, 4) is 11.3 Å². The number of amides is 1. The molecule has 1 unspecified atom stereocenters. The van der Waals surface area contributed by atoms with Crippen LogP contribution in [0.3, 0.4) is 0 Å². The first-order valence-corrected chi connectivity index (χ1v) is 8.44. The summed E-state index contributed by atoms with van der Waals surface area (Å²) in [6.45, 7) is 6.48. The fourth-order valence-electron chi connectivity index (χ4n) is 2.33. The Kier molecular flexibility index (Phi) is 6.29. The van der Waals surface area contributed by atoms with Gasteiger partial charge in [-0.2, -0.15) is 5.10 Å². The highest BCUT2D eigenvalue weighted by Gasteiger charge is 2.07. The Labute approximate surface area is 142 Å². The highest BCUT2D eigenvalue weighted by molar-refractivity contribution is 5.76. The zero-order valence-electron chi connectivity index (χ0n) is 14.6. The summed E-state index contributed by atoms with van der Waals surface area (Å²) in [5.74, 6) is 0.0205. The quantitative estimate of drug-likeness (QED) is 0.850. The number of hydrogen-bond acceptors (Lipinski definition) is 3. The van der Waals surface area contributed by atoms with E-state index in [0.717, 1.165) is 17.7 Å². The van der Waals surface area contributed by atoms with Crippen LogP contribution in [0, 0.1) is 6.92 Å². The second-order valence-electron chi connectivity index (χ2n) is 6.13. The van der Waals surface area contributed by atoms with Gasteiger partial charge in [0.2, 0.25) is 5.91 Å². The van der Waals surface area contributed by atoms with Crippen molar-refractivity contribution in [3.05, 3.63) is 52.3 Å². The summed E-state index contributed by atoms with van der Waals surface area (Å²) < 4.78 is 1.44. The molecule has 0 radical (unpaired) electrons. The van der Waals surface area contributed by atoms with Crippen LogP contribution in [-0.4, -0.2) is 21.7 Å². The maximum absolute atomic E-state index is 12.0. The third-order valence-corrected chi connectivity index (χ3v) is 4.01. The molecule has 0 saturated heterocycles. The van der Waals surface area contributed by atoms with Crippen LogP contribution in [0.5, 0.6) is 0 Å². The Morgan fingerprint density at radius 2 is 1.92 bits per heavy atom. The van der Waals surface area contributed by atoms with E-state index in [0.29, 0.717) is 19.4 Å². The number of carbonyl (C=O) groups is 1. The monoisotopic (exact) mass is 327 g/mol. The zero-order chi connectivity index (χ0) is 17.5. The molecule has 2 rings (SSSR count). The molecule has 2 aromatic rings. The molecule has 1 atom stereocenters. The van der Waals surface area contributed by atoms with E-state index in [2.05, 4.69) is 10.4 Å². The molecule has 1 amide bonds. The molecule has 0 aliphatic rings. The third-order valence-electron chi connectivity index (χ3n) is 4.01. The standard InChI is InChI=1S/C19H25N3O2/c1-4-15(3)20-18(23)6-5-13-22-19(24)12-11-17(21-22)16-9-7-14(2)8-10-16/h7-12,15H,4-6,13H2,1-3H3,(H,20,23). The van der Waals surface area contributed by atoms with E-state index in [-0.39, 0.29) is 17.5 Å². The Balaban J connectivity index is 2.00. The number of carbonyl (C=O) groups excluding carboxylic acids is 1. The molecule has 1 heterocycles. The molecule has 24 heavy (non-hydrogen) atoms. The van der Waals surface area contributed by atoms with Gasteiger partial charge in [-0.3, -0.25) is 9.59 Å². The van der Waals surface area contributed by atoms with Crippen molar-refractivity contribution in [2.24, 2.45) is 0 Å². The van der Waals surface area contributed by atoms with Crippen LogP contribution in [0.1, 0.15) is 38.7 Å². The number of nitrogens with one attached hydrogen (secondary N) is 1. The van der Waals surface area contributed by atoms with Gasteiger partial charge in [-0.25, -0.2) is 4.68 Å². The first-order valence-electron chi connectivity index (χ1n) is 8.44. The van der Waals surface area contributed by atoms with Gasteiger partial charge in [0.15, 0.2) is 0 Å². The summed E-state index contributed by atoms with van der Waals surface area (Å²) in [5, 5.41) is 7.34. The number of aromatic nitrogens is 2. The Hall–Kier alpha value is -2.43. The van der Waals surface area contributed by atoms with Crippen LogP contribution in [0.15, 0.2) is 41.2 Å². The molecule has 0 bridgehead atoms. The van der Waals surface area contributed by atoms with Gasteiger partial charge in [0.1, 0.15) is 0 Å². The molecule has 1 N–H and O–H groups in total. The topological polar surface area (TPSA) is 64.0 Å². The predicted molar refractivity (Wildman–Crippen MR) is 95.8 cm³/mol. The summed E-state index contributed by atoms with van der Waals surface area (Å²) in [6, 6.07) is 11.5. The second kappa shape index (κ2) is 8.43. The lowest BCUT2D eigenvalue weighted by atomic mass is 10.1. The largest absolute Gasteiger partial charge is 0.354 e. The lowest BCUT2D eigenvalue weighted by Crippen LogP contribution is -2.32. The lowest BCUT2D eigenvalue weighted by Gasteiger charge is -2.11. The van der Waals surface area contributed by atoms with Gasteiger partial charge in [-0.05, 0) is 32.8 Å². The Morgan fingerprint density at radius 1 is 1.21 bits per heavy atom. The predicted octanol–water partition coefficient (Wildman–Crippen LogP) is 2.91. The van der Waals surface area contributed by atoms with Gasteiger partial charge in [0.25, 0.3) is 5.56 Å². The molecule has 1 aromatic carbocycles. The van der Waals surface area contributed by atoms with Gasteiger partial charge >= 0.3 is 0 Å². The lowest BCUT2D eigenvalue weighted by molar-refractivity contribution is -0.121. The molecule has 5 nitrogen and oxygen atoms in total. The molecule has 1 aromatic heterocycles. The molecular weight excluding hydrogens is 302 g/mol. The van der Waals surface area contributed by atoms with Crippen molar-refractivity contribution in [2.75, 3.05) is 0 Å². The van der Waals surface area contributed by atoms with Gasteiger partial charge in [-0.15, -0.1) is 0 Å². The van der Waals surface area contributed by atoms with E-state index in [1.165, 1.54) is 16.3 Å². The van der Waals surface area contributed by atoms with Gasteiger partial charge in [0.05, 0.1) is 5.69 Å². The fourth-order valence-corrected chi connectivity index (χ4v) is 2.33. The Bertz CT molecular complexity index is 735. The first-order chi connectivity index (χ1) is 11.5. The molecule has 0 fully saturated rings. The van der Waals surface area contributed by atoms with E-state index in [9.17, 15) is 9.59 Å². The molecule has 0 spiro atoms. The van der Waals surface area contributed by atoms with Crippen LogP contribution in [0.4, 0.5) is 0 Å². The third kappa shape index (κ3) is 5.05. The van der Waals surface area contributed by atoms with Crippen molar-refractivity contribution in [1.29, 1.82) is 0 Å². The number of benzene rings is 1. The van der Waals surface area contributed by atoms with Crippen LogP contribution in [0.2, 0.25) is 0 Å². The molecule has 128 valence electrons. The van der Waals surface area contributed by atoms with E-state index < -0.39 is 0 Å². The van der Waals surface area contributed by atoms with Crippen molar-refractivity contribution < 1.29 is 4.79 Å². The van der Waals surface area contributed by atoms with E-state index >= 15 is 0 Å². The smallest absolute Gasteiger partial charge is 0.266 e. The second-order valence-corrected chi connectivity index (χ2v) is 6.13. The van der Waals surface area contributed by atoms with Gasteiger partial charge in [-0.1, -0.05) is 36.8 Å². The highest BCUT2D eigenvalue weighted by Crippen LogP contribution is 2.15. The first kappa shape index (κ1) is 17.9. The van der Waals surface area contributed by atoms with E-state index in [1.54, 1.807) is 6.07 Å². The maximum Gasteiger partial charge on any atom is 0.266 e. The summed E-state index contributed by atoms with van der Waals surface area (Å²) in [4.78, 5) is 23.7. The molecule has 0 aliphatic heterocycles. The number of hydrogen-bond donors (Lipinski definition) is 1. The van der Waals surface area contributed by atoms with Crippen molar-refractivity contribution in [1.82, 2.24) is 15.1 Å². The fraction of sp³-hybridized carbons (Fsp3) is 0.421. The van der Waals surface area contributed by atoms with Gasteiger partial charge < -0.3 is 5.32 Å². The number of nitrogens with zero attached hydrogens (tertiary/aromatic N) is 2. The molecule has 5 heteroatoms. The molecular formula is C19H25N3O2. The summed E-state index contributed by atoms with van der Waals surface area (Å²) in [5.41, 5.74) is 2.77. The normalized spacial score (nSPS) is 12.0. The highest BCUT2D eigenvalue weighted by atomic mass is 16.1. The summed E-state index contributed by atoms with van der Waals surface area (Å²) >= 11 is 0. The minimum Gasteiger partial charge on any atom is -0.354 e. The van der Waals surface area contributed by atoms with Gasteiger partial charge in [0, 0.05) is 30.6 Å². The van der Waals surface area contributed by atoms with Crippen LogP contribution in [-0.2, 0) is 11.3 Å². The maximum atomic E-state index is 12.0. The molecule has 0 saturated carbocycles. The van der Waals surface area contributed by atoms with Crippen molar-refractivity contribution in [3.63, 3.8) is 0 Å². The minimum absolute atomic E-state index is 0.0205. The average Bonchev–Trinajstić information content (AvgIpc) is 2.57. The zero-order valence-corrected chi connectivity index (χ0v) is 14.6. The SMILES string of the molecule is CCC(C)NC(=O)CCCn1nc(-c2ccc(C)cc2)ccc1=O. The van der Waals surface area contributed by atoms with Crippen molar-refractivity contribution >= 4 is 5.91 Å².